The quantitative estimate of drug-likeness (QED) is 0.159. The molecule has 3 heteroatoms. The lowest BCUT2D eigenvalue weighted by molar-refractivity contribution is 1.07. The highest BCUT2D eigenvalue weighted by Crippen LogP contribution is 2.44. The maximum Gasteiger partial charge on any atom is 0.164 e. The third-order valence-electron chi connectivity index (χ3n) is 9.72. The van der Waals surface area contributed by atoms with E-state index in [4.69, 9.17) is 15.0 Å². The molecule has 0 spiro atoms. The predicted molar refractivity (Wildman–Crippen MR) is 223 cm³/mol. The first kappa shape index (κ1) is 32.7. The number of hydrogen-bond acceptors (Lipinski definition) is 3. The monoisotopic (exact) mass is 689 g/mol. The van der Waals surface area contributed by atoms with E-state index in [1.54, 1.807) is 0 Å². The van der Waals surface area contributed by atoms with Crippen LogP contribution >= 0.6 is 0 Å². The van der Waals surface area contributed by atoms with Crippen molar-refractivity contribution in [3.05, 3.63) is 212 Å². The van der Waals surface area contributed by atoms with Crippen LogP contribution in [0.4, 0.5) is 0 Å². The van der Waals surface area contributed by atoms with E-state index < -0.39 is 0 Å². The lowest BCUT2D eigenvalue weighted by Gasteiger charge is -2.20. The number of hydrogen-bond donors (Lipinski definition) is 0. The van der Waals surface area contributed by atoms with Gasteiger partial charge in [-0.15, -0.1) is 0 Å². The highest BCUT2D eigenvalue weighted by Gasteiger charge is 2.19. The maximum atomic E-state index is 5.07. The SMILES string of the molecule is c1ccc(-c2cccc(-c3cc(-c4ccccc4)cc(-c4ccccc4)c3-c3cccc(-c4nc(-c5ccccc5)nc(-c5ccccc5)n4)c3)c2)cc1. The molecule has 0 amide bonds. The van der Waals surface area contributed by atoms with Gasteiger partial charge in [-0.25, -0.2) is 15.0 Å². The normalized spacial score (nSPS) is 11.0. The van der Waals surface area contributed by atoms with Gasteiger partial charge in [0.25, 0.3) is 0 Å². The molecule has 254 valence electrons. The Bertz CT molecular complexity index is 2620. The summed E-state index contributed by atoms with van der Waals surface area (Å²) in [6.07, 6.45) is 0. The van der Waals surface area contributed by atoms with Crippen molar-refractivity contribution in [3.8, 4) is 89.8 Å². The van der Waals surface area contributed by atoms with Crippen LogP contribution in [-0.2, 0) is 0 Å². The number of nitrogens with zero attached hydrogens (tertiary/aromatic N) is 3. The summed E-state index contributed by atoms with van der Waals surface area (Å²) in [5, 5.41) is 0. The molecule has 1 heterocycles. The molecule has 0 saturated heterocycles. The van der Waals surface area contributed by atoms with E-state index in [1.165, 1.54) is 16.7 Å². The van der Waals surface area contributed by atoms with E-state index in [0.717, 1.165) is 55.6 Å². The van der Waals surface area contributed by atoms with Crippen molar-refractivity contribution in [1.29, 1.82) is 0 Å². The molecular formula is C51H35N3. The molecule has 0 aliphatic carbocycles. The molecular weight excluding hydrogens is 655 g/mol. The van der Waals surface area contributed by atoms with Crippen LogP contribution in [0.5, 0.6) is 0 Å². The Morgan fingerprint density at radius 3 is 1.06 bits per heavy atom. The zero-order valence-corrected chi connectivity index (χ0v) is 29.5. The Kier molecular flexibility index (Phi) is 8.94. The fraction of sp³-hybridized carbons (Fsp3) is 0. The van der Waals surface area contributed by atoms with Gasteiger partial charge in [0.15, 0.2) is 17.5 Å². The minimum atomic E-state index is 0.624. The van der Waals surface area contributed by atoms with Crippen LogP contribution in [0, 0.1) is 0 Å². The van der Waals surface area contributed by atoms with Gasteiger partial charge in [0.05, 0.1) is 0 Å². The second-order valence-electron chi connectivity index (χ2n) is 13.2. The minimum Gasteiger partial charge on any atom is -0.208 e. The fourth-order valence-corrected chi connectivity index (χ4v) is 7.07. The largest absolute Gasteiger partial charge is 0.208 e. The molecule has 0 bridgehead atoms. The van der Waals surface area contributed by atoms with E-state index in [0.29, 0.717) is 17.5 Å². The van der Waals surface area contributed by atoms with Crippen molar-refractivity contribution >= 4 is 0 Å². The highest BCUT2D eigenvalue weighted by atomic mass is 15.0. The Labute approximate surface area is 316 Å². The van der Waals surface area contributed by atoms with Crippen molar-refractivity contribution < 1.29 is 0 Å². The molecule has 0 radical (unpaired) electrons. The number of benzene rings is 8. The number of aromatic nitrogens is 3. The zero-order valence-electron chi connectivity index (χ0n) is 29.5. The Hall–Kier alpha value is -7.23. The molecule has 9 aromatic rings. The van der Waals surface area contributed by atoms with E-state index >= 15 is 0 Å². The van der Waals surface area contributed by atoms with Crippen LogP contribution in [0.25, 0.3) is 89.8 Å². The van der Waals surface area contributed by atoms with Gasteiger partial charge in [-0.1, -0.05) is 188 Å². The maximum absolute atomic E-state index is 5.07. The summed E-state index contributed by atoms with van der Waals surface area (Å²) in [6.45, 7) is 0. The van der Waals surface area contributed by atoms with Crippen LogP contribution in [0.1, 0.15) is 0 Å². The second-order valence-corrected chi connectivity index (χ2v) is 13.2. The molecule has 0 atom stereocenters. The zero-order chi connectivity index (χ0) is 36.1. The van der Waals surface area contributed by atoms with Crippen molar-refractivity contribution in [1.82, 2.24) is 15.0 Å². The van der Waals surface area contributed by atoms with Crippen molar-refractivity contribution in [2.45, 2.75) is 0 Å². The van der Waals surface area contributed by atoms with E-state index in [9.17, 15) is 0 Å². The molecule has 0 unspecified atom stereocenters. The standard InChI is InChI=1S/C51H35N3/c1-6-18-36(19-7-1)41-28-16-29-42(32-41)47-35-45(37-20-8-2-9-21-37)34-46(38-22-10-3-11-23-38)48(47)43-30-17-31-44(33-43)51-53-49(39-24-12-4-13-25-39)52-50(54-51)40-26-14-5-15-27-40/h1-35H. The first-order valence-corrected chi connectivity index (χ1v) is 18.2. The fourth-order valence-electron chi connectivity index (χ4n) is 7.07. The lowest BCUT2D eigenvalue weighted by atomic mass is 9.84. The Morgan fingerprint density at radius 2 is 0.537 bits per heavy atom. The van der Waals surface area contributed by atoms with Crippen molar-refractivity contribution in [2.75, 3.05) is 0 Å². The van der Waals surface area contributed by atoms with Gasteiger partial charge in [0.1, 0.15) is 0 Å². The van der Waals surface area contributed by atoms with Crippen molar-refractivity contribution in [3.63, 3.8) is 0 Å². The van der Waals surface area contributed by atoms with E-state index in [2.05, 4.69) is 152 Å². The Balaban J connectivity index is 1.29. The topological polar surface area (TPSA) is 38.7 Å². The molecule has 0 aliphatic heterocycles. The van der Waals surface area contributed by atoms with Crippen molar-refractivity contribution in [2.24, 2.45) is 0 Å². The van der Waals surface area contributed by atoms with Crippen LogP contribution in [0.3, 0.4) is 0 Å². The summed E-state index contributed by atoms with van der Waals surface area (Å²) in [6, 6.07) is 74.4. The lowest BCUT2D eigenvalue weighted by Crippen LogP contribution is -2.00. The third-order valence-corrected chi connectivity index (χ3v) is 9.72. The first-order chi connectivity index (χ1) is 26.8. The van der Waals surface area contributed by atoms with Crippen LogP contribution in [-0.4, -0.2) is 15.0 Å². The van der Waals surface area contributed by atoms with E-state index in [1.807, 2.05) is 60.7 Å². The van der Waals surface area contributed by atoms with Gasteiger partial charge >= 0.3 is 0 Å². The summed E-state index contributed by atoms with van der Waals surface area (Å²) in [4.78, 5) is 15.1. The summed E-state index contributed by atoms with van der Waals surface area (Å²) in [5.74, 6) is 1.90. The predicted octanol–water partition coefficient (Wildman–Crippen LogP) is 13.2. The van der Waals surface area contributed by atoms with Gasteiger partial charge in [-0.2, -0.15) is 0 Å². The van der Waals surface area contributed by atoms with Gasteiger partial charge in [-0.3, -0.25) is 0 Å². The molecule has 0 saturated carbocycles. The van der Waals surface area contributed by atoms with Crippen LogP contribution < -0.4 is 0 Å². The van der Waals surface area contributed by atoms with Gasteiger partial charge < -0.3 is 0 Å². The molecule has 0 aliphatic rings. The molecule has 8 aromatic carbocycles. The summed E-state index contributed by atoms with van der Waals surface area (Å²) in [7, 11) is 0. The summed E-state index contributed by atoms with van der Waals surface area (Å²) < 4.78 is 0. The van der Waals surface area contributed by atoms with Crippen LogP contribution in [0.2, 0.25) is 0 Å². The second kappa shape index (κ2) is 14.8. The average Bonchev–Trinajstić information content (AvgIpc) is 3.27. The third kappa shape index (κ3) is 6.74. The average molecular weight is 690 g/mol. The van der Waals surface area contributed by atoms with Gasteiger partial charge in [0, 0.05) is 16.7 Å². The molecule has 54 heavy (non-hydrogen) atoms. The smallest absolute Gasteiger partial charge is 0.164 e. The minimum absolute atomic E-state index is 0.624. The first-order valence-electron chi connectivity index (χ1n) is 18.2. The molecule has 0 fully saturated rings. The molecule has 1 aromatic heterocycles. The Morgan fingerprint density at radius 1 is 0.204 bits per heavy atom. The molecule has 3 nitrogen and oxygen atoms in total. The van der Waals surface area contributed by atoms with Gasteiger partial charge in [-0.05, 0) is 79.9 Å². The number of rotatable bonds is 8. The molecule has 9 rings (SSSR count). The van der Waals surface area contributed by atoms with Gasteiger partial charge in [0.2, 0.25) is 0 Å². The molecule has 0 N–H and O–H groups in total. The highest BCUT2D eigenvalue weighted by molar-refractivity contribution is 5.98. The van der Waals surface area contributed by atoms with E-state index in [-0.39, 0.29) is 0 Å². The van der Waals surface area contributed by atoms with Crippen LogP contribution in [0.15, 0.2) is 212 Å². The summed E-state index contributed by atoms with van der Waals surface area (Å²) in [5.41, 5.74) is 14.3. The summed E-state index contributed by atoms with van der Waals surface area (Å²) >= 11 is 0.